The van der Waals surface area contributed by atoms with Gasteiger partial charge in [0.15, 0.2) is 12.0 Å². The summed E-state index contributed by atoms with van der Waals surface area (Å²) in [6.07, 6.45) is 0.990. The van der Waals surface area contributed by atoms with Crippen LogP contribution in [-0.2, 0) is 0 Å². The zero-order chi connectivity index (χ0) is 19.5. The molecule has 0 aliphatic heterocycles. The van der Waals surface area contributed by atoms with E-state index in [0.29, 0.717) is 16.5 Å². The Morgan fingerprint density at radius 1 is 1.07 bits per heavy atom. The molecule has 1 atom stereocenters. The summed E-state index contributed by atoms with van der Waals surface area (Å²) >= 11 is 9.29. The van der Waals surface area contributed by atoms with Gasteiger partial charge in [0.25, 0.3) is 5.91 Å². The fourth-order valence-electron chi connectivity index (χ4n) is 2.71. The first-order valence-corrected chi connectivity index (χ1v) is 9.65. The third-order valence-corrected chi connectivity index (χ3v) is 4.79. The molecular weight excluding hydrogens is 442 g/mol. The maximum absolute atomic E-state index is 12.7. The number of rotatable bonds is 5. The van der Waals surface area contributed by atoms with Gasteiger partial charge in [0.2, 0.25) is 0 Å². The van der Waals surface area contributed by atoms with Crippen LogP contribution in [0.25, 0.3) is 11.0 Å². The number of imidazole rings is 1. The van der Waals surface area contributed by atoms with E-state index in [-0.39, 0.29) is 5.91 Å². The van der Waals surface area contributed by atoms with Crippen LogP contribution >= 0.6 is 27.5 Å². The van der Waals surface area contributed by atoms with E-state index in [1.807, 2.05) is 36.4 Å². The third kappa shape index (κ3) is 4.16. The summed E-state index contributed by atoms with van der Waals surface area (Å²) in [7, 11) is 0. The van der Waals surface area contributed by atoms with Crippen LogP contribution in [0.4, 0.5) is 5.69 Å². The highest BCUT2D eigenvalue weighted by Gasteiger charge is 2.20. The monoisotopic (exact) mass is 455 g/mol. The van der Waals surface area contributed by atoms with Gasteiger partial charge < -0.3 is 15.6 Å². The van der Waals surface area contributed by atoms with Gasteiger partial charge in [0, 0.05) is 21.4 Å². The first-order chi connectivity index (χ1) is 13.6. The second-order valence-corrected chi connectivity index (χ2v) is 7.41. The zero-order valence-corrected chi connectivity index (χ0v) is 16.8. The van der Waals surface area contributed by atoms with Crippen LogP contribution in [0.5, 0.6) is 0 Å². The van der Waals surface area contributed by atoms with Crippen LogP contribution in [0.1, 0.15) is 22.5 Å². The number of aromatic nitrogens is 3. The Morgan fingerprint density at radius 3 is 2.57 bits per heavy atom. The molecule has 0 saturated heterocycles. The number of benzene rings is 2. The zero-order valence-electron chi connectivity index (χ0n) is 14.5. The van der Waals surface area contributed by atoms with Crippen LogP contribution in [0.3, 0.4) is 0 Å². The smallest absolute Gasteiger partial charge is 0.271 e. The Hall–Kier alpha value is -2.90. The predicted molar refractivity (Wildman–Crippen MR) is 113 cm³/mol. The molecule has 2 heterocycles. The summed E-state index contributed by atoms with van der Waals surface area (Å²) in [5.41, 5.74) is 2.80. The minimum atomic E-state index is -0.591. The number of para-hydroxylation sites is 2. The number of nitrogens with zero attached hydrogens (tertiary/aromatic N) is 2. The SMILES string of the molecule is O=C(NC(Nc1ccc(Cl)cc1)c1nc2ccccc2[nH]1)c1ccc(Br)cn1. The number of fused-ring (bicyclic) bond motifs is 1. The van der Waals surface area contributed by atoms with Crippen molar-refractivity contribution < 1.29 is 4.79 Å². The Balaban J connectivity index is 1.64. The van der Waals surface area contributed by atoms with Crippen LogP contribution in [-0.4, -0.2) is 20.9 Å². The molecule has 0 spiro atoms. The second-order valence-electron chi connectivity index (χ2n) is 6.06. The van der Waals surface area contributed by atoms with Crippen molar-refractivity contribution >= 4 is 50.2 Å². The van der Waals surface area contributed by atoms with Gasteiger partial charge in [-0.15, -0.1) is 0 Å². The largest absolute Gasteiger partial charge is 0.359 e. The van der Waals surface area contributed by atoms with Gasteiger partial charge in [0.1, 0.15) is 5.69 Å². The average molecular weight is 457 g/mol. The molecule has 8 heteroatoms. The number of amides is 1. The molecule has 2 aromatic heterocycles. The summed E-state index contributed by atoms with van der Waals surface area (Å²) in [5.74, 6) is 0.265. The van der Waals surface area contributed by atoms with Crippen LogP contribution in [0, 0.1) is 0 Å². The number of anilines is 1. The van der Waals surface area contributed by atoms with Gasteiger partial charge >= 0.3 is 0 Å². The van der Waals surface area contributed by atoms with Crippen molar-refractivity contribution in [1.29, 1.82) is 0 Å². The summed E-state index contributed by atoms with van der Waals surface area (Å²) in [4.78, 5) is 24.7. The van der Waals surface area contributed by atoms with Crippen molar-refractivity contribution in [3.63, 3.8) is 0 Å². The molecule has 1 unspecified atom stereocenters. The molecule has 3 N–H and O–H groups in total. The molecule has 28 heavy (non-hydrogen) atoms. The number of hydrogen-bond acceptors (Lipinski definition) is 4. The highest BCUT2D eigenvalue weighted by molar-refractivity contribution is 9.10. The molecule has 1 amide bonds. The molecule has 2 aromatic carbocycles. The maximum Gasteiger partial charge on any atom is 0.271 e. The molecule has 0 fully saturated rings. The van der Waals surface area contributed by atoms with Gasteiger partial charge in [-0.25, -0.2) is 9.97 Å². The van der Waals surface area contributed by atoms with E-state index in [4.69, 9.17) is 11.6 Å². The van der Waals surface area contributed by atoms with Crippen molar-refractivity contribution in [3.05, 3.63) is 87.9 Å². The van der Waals surface area contributed by atoms with Crippen molar-refractivity contribution in [2.45, 2.75) is 6.17 Å². The molecule has 0 radical (unpaired) electrons. The molecule has 4 aromatic rings. The van der Waals surface area contributed by atoms with Crippen LogP contribution < -0.4 is 10.6 Å². The van der Waals surface area contributed by atoms with Crippen LogP contribution in [0.2, 0.25) is 5.02 Å². The summed E-state index contributed by atoms with van der Waals surface area (Å²) in [6, 6.07) is 18.3. The summed E-state index contributed by atoms with van der Waals surface area (Å²) in [6.45, 7) is 0. The minimum absolute atomic E-state index is 0.308. The van der Waals surface area contributed by atoms with E-state index in [0.717, 1.165) is 21.2 Å². The molecule has 140 valence electrons. The van der Waals surface area contributed by atoms with Gasteiger partial charge in [-0.1, -0.05) is 23.7 Å². The molecule has 0 bridgehead atoms. The Kier molecular flexibility index (Phi) is 5.27. The normalized spacial score (nSPS) is 11.9. The first-order valence-electron chi connectivity index (χ1n) is 8.48. The van der Waals surface area contributed by atoms with Crippen molar-refractivity contribution in [2.24, 2.45) is 0 Å². The standard InChI is InChI=1S/C20H15BrClN5O/c21-12-5-10-17(23-11-12)20(28)27-18(24-14-8-6-13(22)7-9-14)19-25-15-3-1-2-4-16(15)26-19/h1-11,18,24H,(H,25,26)(H,27,28). The van der Waals surface area contributed by atoms with Gasteiger partial charge in [-0.05, 0) is 64.5 Å². The lowest BCUT2D eigenvalue weighted by Crippen LogP contribution is -2.34. The van der Waals surface area contributed by atoms with E-state index < -0.39 is 6.17 Å². The van der Waals surface area contributed by atoms with Crippen molar-refractivity contribution in [2.75, 3.05) is 5.32 Å². The fraction of sp³-hybridized carbons (Fsp3) is 0.0500. The number of halogens is 2. The molecule has 0 aliphatic rings. The third-order valence-electron chi connectivity index (χ3n) is 4.07. The highest BCUT2D eigenvalue weighted by Crippen LogP contribution is 2.21. The lowest BCUT2D eigenvalue weighted by Gasteiger charge is -2.19. The molecule has 0 saturated carbocycles. The number of pyridine rings is 1. The Bertz CT molecular complexity index is 1080. The number of carbonyl (C=O) groups excluding carboxylic acids is 1. The number of carbonyl (C=O) groups is 1. The van der Waals surface area contributed by atoms with Crippen LogP contribution in [0.15, 0.2) is 71.3 Å². The molecule has 0 aliphatic carbocycles. The molecule has 6 nitrogen and oxygen atoms in total. The molecular formula is C20H15BrClN5O. The molecule has 4 rings (SSSR count). The summed E-state index contributed by atoms with van der Waals surface area (Å²) in [5, 5.41) is 6.85. The first kappa shape index (κ1) is 18.5. The van der Waals surface area contributed by atoms with E-state index in [1.54, 1.807) is 30.5 Å². The van der Waals surface area contributed by atoms with Crippen molar-refractivity contribution in [3.8, 4) is 0 Å². The maximum atomic E-state index is 12.7. The minimum Gasteiger partial charge on any atom is -0.359 e. The Labute approximate surface area is 174 Å². The van der Waals surface area contributed by atoms with Gasteiger partial charge in [-0.3, -0.25) is 4.79 Å². The fourth-order valence-corrected chi connectivity index (χ4v) is 3.07. The van der Waals surface area contributed by atoms with Crippen molar-refractivity contribution in [1.82, 2.24) is 20.3 Å². The van der Waals surface area contributed by atoms with Gasteiger partial charge in [-0.2, -0.15) is 0 Å². The summed E-state index contributed by atoms with van der Waals surface area (Å²) < 4.78 is 0.803. The lowest BCUT2D eigenvalue weighted by atomic mass is 10.3. The quantitative estimate of drug-likeness (QED) is 0.372. The van der Waals surface area contributed by atoms with E-state index >= 15 is 0 Å². The number of H-pyrrole nitrogens is 1. The van der Waals surface area contributed by atoms with E-state index in [2.05, 4.69) is 41.5 Å². The lowest BCUT2D eigenvalue weighted by molar-refractivity contribution is 0.0935. The second kappa shape index (κ2) is 8.00. The predicted octanol–water partition coefficient (Wildman–Crippen LogP) is 4.91. The van der Waals surface area contributed by atoms with Gasteiger partial charge in [0.05, 0.1) is 11.0 Å². The number of hydrogen-bond donors (Lipinski definition) is 3. The number of aromatic amines is 1. The Morgan fingerprint density at radius 2 is 1.86 bits per heavy atom. The highest BCUT2D eigenvalue weighted by atomic mass is 79.9. The number of nitrogens with one attached hydrogen (secondary N) is 3. The average Bonchev–Trinajstić information content (AvgIpc) is 3.14. The topological polar surface area (TPSA) is 82.7 Å². The van der Waals surface area contributed by atoms with E-state index in [9.17, 15) is 4.79 Å². The van der Waals surface area contributed by atoms with E-state index in [1.165, 1.54) is 0 Å².